The lowest BCUT2D eigenvalue weighted by Crippen LogP contribution is -2.10. The van der Waals surface area contributed by atoms with Crippen LogP contribution in [0.25, 0.3) is 0 Å². The van der Waals surface area contributed by atoms with Gasteiger partial charge in [-0.2, -0.15) is 0 Å². The Morgan fingerprint density at radius 2 is 2.12 bits per heavy atom. The van der Waals surface area contributed by atoms with E-state index in [9.17, 15) is 0 Å². The number of rotatable bonds is 4. The van der Waals surface area contributed by atoms with Crippen molar-refractivity contribution >= 4 is 0 Å². The summed E-state index contributed by atoms with van der Waals surface area (Å²) in [4.78, 5) is 0. The molecule has 0 aliphatic heterocycles. The van der Waals surface area contributed by atoms with E-state index in [-0.39, 0.29) is 6.61 Å². The number of aliphatic hydroxyl groups excluding tert-OH is 2. The summed E-state index contributed by atoms with van der Waals surface area (Å²) in [6, 6.07) is 0. The van der Waals surface area contributed by atoms with Crippen LogP contribution >= 0.6 is 0 Å². The van der Waals surface area contributed by atoms with Crippen LogP contribution in [0.3, 0.4) is 0 Å². The zero-order valence-electron chi connectivity index (χ0n) is 5.30. The molecule has 0 saturated carbocycles. The zero-order chi connectivity index (χ0) is 6.41. The first-order chi connectivity index (χ1) is 3.81. The van der Waals surface area contributed by atoms with Crippen LogP contribution in [-0.2, 0) is 0 Å². The van der Waals surface area contributed by atoms with Crippen molar-refractivity contribution in [3.8, 4) is 0 Å². The van der Waals surface area contributed by atoms with Crippen molar-refractivity contribution in [1.29, 1.82) is 0 Å². The molecule has 0 bridgehead atoms. The first kappa shape index (κ1) is 7.92. The third-order valence-electron chi connectivity index (χ3n) is 1.10. The van der Waals surface area contributed by atoms with E-state index in [1.807, 2.05) is 0 Å². The van der Waals surface area contributed by atoms with E-state index < -0.39 is 6.10 Å². The van der Waals surface area contributed by atoms with Gasteiger partial charge >= 0.3 is 0 Å². The Morgan fingerprint density at radius 3 is 2.50 bits per heavy atom. The molecule has 0 radical (unpaired) electrons. The highest BCUT2D eigenvalue weighted by Crippen LogP contribution is 1.97. The van der Waals surface area contributed by atoms with Crippen LogP contribution in [0.15, 0.2) is 0 Å². The quantitative estimate of drug-likeness (QED) is 0.565. The third-order valence-corrected chi connectivity index (χ3v) is 1.10. The largest absolute Gasteiger partial charge is 0.394 e. The molecule has 0 unspecified atom stereocenters. The van der Waals surface area contributed by atoms with Crippen LogP contribution in [0.4, 0.5) is 0 Å². The molecule has 0 heterocycles. The summed E-state index contributed by atoms with van der Waals surface area (Å²) in [5, 5.41) is 17.1. The van der Waals surface area contributed by atoms with E-state index in [1.54, 1.807) is 0 Å². The van der Waals surface area contributed by atoms with Gasteiger partial charge in [-0.05, 0) is 6.42 Å². The molecule has 50 valence electrons. The van der Waals surface area contributed by atoms with Crippen LogP contribution in [0, 0.1) is 0 Å². The average molecular weight is 118 g/mol. The topological polar surface area (TPSA) is 40.5 Å². The number of aliphatic hydroxyl groups is 2. The van der Waals surface area contributed by atoms with Crippen molar-refractivity contribution in [2.24, 2.45) is 0 Å². The van der Waals surface area contributed by atoms with Crippen molar-refractivity contribution in [2.75, 3.05) is 6.61 Å². The second-order valence-electron chi connectivity index (χ2n) is 1.98. The molecule has 2 nitrogen and oxygen atoms in total. The zero-order valence-corrected chi connectivity index (χ0v) is 5.30. The predicted octanol–water partition coefficient (Wildman–Crippen LogP) is 0.530. The van der Waals surface area contributed by atoms with Crippen molar-refractivity contribution in [3.63, 3.8) is 0 Å². The minimum atomic E-state index is -0.491. The maximum absolute atomic E-state index is 8.74. The van der Waals surface area contributed by atoms with E-state index in [0.717, 1.165) is 19.3 Å². The van der Waals surface area contributed by atoms with Crippen molar-refractivity contribution in [1.82, 2.24) is 0 Å². The van der Waals surface area contributed by atoms with Gasteiger partial charge in [-0.1, -0.05) is 19.8 Å². The minimum Gasteiger partial charge on any atom is -0.394 e. The second-order valence-corrected chi connectivity index (χ2v) is 1.98. The van der Waals surface area contributed by atoms with Crippen molar-refractivity contribution in [2.45, 2.75) is 32.3 Å². The fraction of sp³-hybridized carbons (Fsp3) is 1.00. The van der Waals surface area contributed by atoms with Gasteiger partial charge in [0.2, 0.25) is 0 Å². The van der Waals surface area contributed by atoms with Gasteiger partial charge in [0.05, 0.1) is 12.7 Å². The van der Waals surface area contributed by atoms with Gasteiger partial charge in [-0.15, -0.1) is 0 Å². The van der Waals surface area contributed by atoms with Gasteiger partial charge in [0.1, 0.15) is 0 Å². The summed E-state index contributed by atoms with van der Waals surface area (Å²) in [6.07, 6.45) is 2.32. The lowest BCUT2D eigenvalue weighted by Gasteiger charge is -2.02. The van der Waals surface area contributed by atoms with E-state index >= 15 is 0 Å². The van der Waals surface area contributed by atoms with Gasteiger partial charge in [-0.3, -0.25) is 0 Å². The Labute approximate surface area is 50.2 Å². The highest BCUT2D eigenvalue weighted by Gasteiger charge is 1.97. The predicted molar refractivity (Wildman–Crippen MR) is 32.6 cm³/mol. The van der Waals surface area contributed by atoms with Gasteiger partial charge in [0.15, 0.2) is 0 Å². The Balaban J connectivity index is 2.86. The second kappa shape index (κ2) is 5.06. The van der Waals surface area contributed by atoms with Gasteiger partial charge in [0, 0.05) is 0 Å². The molecule has 0 saturated heterocycles. The van der Waals surface area contributed by atoms with E-state index in [1.165, 1.54) is 0 Å². The third kappa shape index (κ3) is 4.09. The number of hydrogen-bond acceptors (Lipinski definition) is 2. The molecule has 0 amide bonds. The molecular formula is C6H14O2. The summed E-state index contributed by atoms with van der Waals surface area (Å²) >= 11 is 0. The lowest BCUT2D eigenvalue weighted by molar-refractivity contribution is 0.0865. The van der Waals surface area contributed by atoms with Gasteiger partial charge in [0.25, 0.3) is 0 Å². The van der Waals surface area contributed by atoms with E-state index in [0.29, 0.717) is 0 Å². The first-order valence-corrected chi connectivity index (χ1v) is 3.10. The molecule has 2 N–H and O–H groups in total. The summed E-state index contributed by atoms with van der Waals surface area (Å²) < 4.78 is 0. The summed E-state index contributed by atoms with van der Waals surface area (Å²) in [5.41, 5.74) is 0. The van der Waals surface area contributed by atoms with E-state index in [4.69, 9.17) is 10.2 Å². The van der Waals surface area contributed by atoms with Crippen LogP contribution in [0.5, 0.6) is 0 Å². The highest BCUT2D eigenvalue weighted by molar-refractivity contribution is 4.50. The van der Waals surface area contributed by atoms with E-state index in [2.05, 4.69) is 6.92 Å². The smallest absolute Gasteiger partial charge is 0.0770 e. The molecule has 0 aliphatic carbocycles. The lowest BCUT2D eigenvalue weighted by atomic mass is 10.2. The molecule has 0 aromatic rings. The summed E-state index contributed by atoms with van der Waals surface area (Å²) in [5.74, 6) is 0. The Hall–Kier alpha value is -0.0800. The highest BCUT2D eigenvalue weighted by atomic mass is 16.3. The first-order valence-electron chi connectivity index (χ1n) is 3.10. The van der Waals surface area contributed by atoms with Crippen LogP contribution in [0.2, 0.25) is 0 Å². The Morgan fingerprint density at radius 1 is 1.50 bits per heavy atom. The van der Waals surface area contributed by atoms with Crippen LogP contribution in [0.1, 0.15) is 26.2 Å². The number of unbranched alkanes of at least 4 members (excludes halogenated alkanes) is 1. The fourth-order valence-corrected chi connectivity index (χ4v) is 0.531. The molecule has 0 spiro atoms. The molecule has 0 fully saturated rings. The summed E-state index contributed by atoms with van der Waals surface area (Å²) in [7, 11) is 0. The standard InChI is InChI=1S/C6H14O2/c1-2-3-4-6(8)5-7/h6-8H,2-5H2,1H3/t6-/m1/s1. The van der Waals surface area contributed by atoms with Crippen LogP contribution in [-0.4, -0.2) is 22.9 Å². The minimum absolute atomic E-state index is 0.0972. The maximum atomic E-state index is 8.74. The van der Waals surface area contributed by atoms with Gasteiger partial charge < -0.3 is 10.2 Å². The molecule has 0 aliphatic rings. The van der Waals surface area contributed by atoms with Crippen LogP contribution < -0.4 is 0 Å². The maximum Gasteiger partial charge on any atom is 0.0770 e. The van der Waals surface area contributed by atoms with Crippen molar-refractivity contribution in [3.05, 3.63) is 0 Å². The molecule has 1 atom stereocenters. The van der Waals surface area contributed by atoms with Gasteiger partial charge in [-0.25, -0.2) is 0 Å². The molecule has 0 aromatic heterocycles. The molecule has 0 rings (SSSR count). The molecule has 2 heteroatoms. The normalized spacial score (nSPS) is 13.9. The SMILES string of the molecule is CCCC[C@@H](O)CO. The van der Waals surface area contributed by atoms with Crippen molar-refractivity contribution < 1.29 is 10.2 Å². The monoisotopic (exact) mass is 118 g/mol. The Bertz CT molecular complexity index is 45.8. The molecule has 8 heavy (non-hydrogen) atoms. The fourth-order valence-electron chi connectivity index (χ4n) is 0.531. The average Bonchev–Trinajstić information content (AvgIpc) is 1.83. The molecular weight excluding hydrogens is 104 g/mol. The Kier molecular flexibility index (Phi) is 5.01. The number of hydrogen-bond donors (Lipinski definition) is 2. The molecule has 0 aromatic carbocycles. The summed E-state index contributed by atoms with van der Waals surface area (Å²) in [6.45, 7) is 1.96.